The molecule has 0 fully saturated rings. The van der Waals surface area contributed by atoms with Crippen LogP contribution in [0.15, 0.2) is 49.1 Å². The van der Waals surface area contributed by atoms with Crippen molar-refractivity contribution in [1.82, 2.24) is 9.55 Å². The van der Waals surface area contributed by atoms with E-state index in [2.05, 4.69) is 11.6 Å². The van der Waals surface area contributed by atoms with Crippen LogP contribution in [0.4, 0.5) is 0 Å². The number of nitrogens with zero attached hydrogens (tertiary/aromatic N) is 2. The molecular weight excluding hydrogens is 372 g/mol. The van der Waals surface area contributed by atoms with E-state index in [4.69, 9.17) is 4.74 Å². The molecule has 0 aliphatic carbocycles. The lowest BCUT2D eigenvalue weighted by atomic mass is 10.1. The molecule has 1 aromatic carbocycles. The smallest absolute Gasteiger partial charge is 0.350 e. The van der Waals surface area contributed by atoms with Crippen LogP contribution in [-0.4, -0.2) is 27.9 Å². The molecule has 0 unspecified atom stereocenters. The highest BCUT2D eigenvalue weighted by Gasteiger charge is 2.21. The van der Waals surface area contributed by atoms with Gasteiger partial charge in [0.2, 0.25) is 5.78 Å². The predicted molar refractivity (Wildman–Crippen MR) is 111 cm³/mol. The maximum Gasteiger partial charge on any atom is 0.350 e. The van der Waals surface area contributed by atoms with E-state index in [9.17, 15) is 9.59 Å². The lowest BCUT2D eigenvalue weighted by molar-refractivity contribution is 0.0478. The number of carbonyl (C=O) groups is 2. The number of ether oxygens (including phenoxy) is 1. The van der Waals surface area contributed by atoms with Gasteiger partial charge in [-0.1, -0.05) is 36.4 Å². The third-order valence-corrected chi connectivity index (χ3v) is 5.71. The quantitative estimate of drug-likeness (QED) is 0.329. The van der Waals surface area contributed by atoms with Crippen LogP contribution in [0, 0.1) is 20.8 Å². The molecule has 3 aromatic rings. The molecule has 2 aromatic heterocycles. The number of ketones is 1. The van der Waals surface area contributed by atoms with E-state index in [0.29, 0.717) is 22.7 Å². The average molecular weight is 394 g/mol. The average Bonchev–Trinajstić information content (AvgIpc) is 3.22. The molecule has 0 spiro atoms. The molecule has 0 aliphatic rings. The first-order chi connectivity index (χ1) is 13.4. The van der Waals surface area contributed by atoms with Crippen molar-refractivity contribution < 1.29 is 14.3 Å². The summed E-state index contributed by atoms with van der Waals surface area (Å²) in [7, 11) is 0. The Morgan fingerprint density at radius 3 is 2.61 bits per heavy atom. The largest absolute Gasteiger partial charge is 0.453 e. The summed E-state index contributed by atoms with van der Waals surface area (Å²) in [5.74, 6) is -0.743. The van der Waals surface area contributed by atoms with Crippen LogP contribution in [0.3, 0.4) is 0 Å². The Labute approximate surface area is 168 Å². The van der Waals surface area contributed by atoms with Gasteiger partial charge in [-0.25, -0.2) is 9.78 Å². The van der Waals surface area contributed by atoms with Crippen LogP contribution in [0.5, 0.6) is 0 Å². The topological polar surface area (TPSA) is 61.2 Å². The molecule has 6 heteroatoms. The van der Waals surface area contributed by atoms with Crippen molar-refractivity contribution in [3.8, 4) is 10.6 Å². The van der Waals surface area contributed by atoms with E-state index in [-0.39, 0.29) is 12.4 Å². The van der Waals surface area contributed by atoms with Crippen molar-refractivity contribution in [2.24, 2.45) is 0 Å². The Balaban J connectivity index is 1.71. The normalized spacial score (nSPS) is 10.7. The zero-order chi connectivity index (χ0) is 20.3. The molecule has 28 heavy (non-hydrogen) atoms. The highest BCUT2D eigenvalue weighted by molar-refractivity contribution is 7.17. The van der Waals surface area contributed by atoms with E-state index in [1.165, 1.54) is 11.3 Å². The lowest BCUT2D eigenvalue weighted by Gasteiger charge is -2.06. The Kier molecular flexibility index (Phi) is 5.90. The second-order valence-electron chi connectivity index (χ2n) is 6.48. The fraction of sp³-hybridized carbons (Fsp3) is 0.227. The van der Waals surface area contributed by atoms with Crippen LogP contribution in [0.25, 0.3) is 10.6 Å². The maximum absolute atomic E-state index is 12.6. The Bertz CT molecular complexity index is 1030. The molecule has 0 atom stereocenters. The SMILES string of the molecule is C=CCn1c(C)cc(C(=O)COC(=O)c2sc(-c3ccccc3)nc2C)c1C. The number of Topliss-reactive ketones (excluding diaryl/α,β-unsaturated/α-hetero) is 1. The summed E-state index contributed by atoms with van der Waals surface area (Å²) < 4.78 is 7.29. The number of aryl methyl sites for hydroxylation is 2. The number of hydrogen-bond donors (Lipinski definition) is 0. The van der Waals surface area contributed by atoms with E-state index < -0.39 is 5.97 Å². The van der Waals surface area contributed by atoms with Crippen molar-refractivity contribution >= 4 is 23.1 Å². The summed E-state index contributed by atoms with van der Waals surface area (Å²) in [4.78, 5) is 29.9. The summed E-state index contributed by atoms with van der Waals surface area (Å²) >= 11 is 1.27. The number of carbonyl (C=O) groups excluding carboxylic acids is 2. The Morgan fingerprint density at radius 1 is 1.21 bits per heavy atom. The molecule has 0 aliphatic heterocycles. The fourth-order valence-electron chi connectivity index (χ4n) is 3.06. The van der Waals surface area contributed by atoms with Crippen LogP contribution in [0.2, 0.25) is 0 Å². The number of rotatable bonds is 7. The number of hydrogen-bond acceptors (Lipinski definition) is 5. The number of thiazole rings is 1. The summed E-state index contributed by atoms with van der Waals surface area (Å²) in [5.41, 5.74) is 3.93. The first kappa shape index (κ1) is 19.8. The molecule has 0 N–H and O–H groups in total. The minimum absolute atomic E-state index is 0.220. The van der Waals surface area contributed by atoms with Gasteiger partial charge in [-0.2, -0.15) is 0 Å². The second kappa shape index (κ2) is 8.35. The van der Waals surface area contributed by atoms with Crippen LogP contribution in [-0.2, 0) is 11.3 Å². The molecular formula is C22H22N2O3S. The molecule has 0 bridgehead atoms. The number of esters is 1. The van der Waals surface area contributed by atoms with Crippen molar-refractivity contribution in [3.05, 3.63) is 76.6 Å². The number of allylic oxidation sites excluding steroid dienone is 1. The zero-order valence-electron chi connectivity index (χ0n) is 16.2. The first-order valence-corrected chi connectivity index (χ1v) is 9.74. The first-order valence-electron chi connectivity index (χ1n) is 8.93. The molecule has 3 rings (SSSR count). The summed E-state index contributed by atoms with van der Waals surface area (Å²) in [5, 5.41) is 0.754. The van der Waals surface area contributed by atoms with E-state index in [0.717, 1.165) is 22.0 Å². The highest BCUT2D eigenvalue weighted by atomic mass is 32.1. The summed E-state index contributed by atoms with van der Waals surface area (Å²) in [6.07, 6.45) is 1.78. The zero-order valence-corrected chi connectivity index (χ0v) is 17.0. The minimum atomic E-state index is -0.523. The van der Waals surface area contributed by atoms with Gasteiger partial charge < -0.3 is 9.30 Å². The van der Waals surface area contributed by atoms with E-state index in [1.54, 1.807) is 13.0 Å². The van der Waals surface area contributed by atoms with Gasteiger partial charge in [0.1, 0.15) is 9.88 Å². The number of aromatic nitrogens is 2. The minimum Gasteiger partial charge on any atom is -0.453 e. The van der Waals surface area contributed by atoms with Crippen LogP contribution < -0.4 is 0 Å². The molecule has 0 radical (unpaired) electrons. The third kappa shape index (κ3) is 3.97. The summed E-state index contributed by atoms with van der Waals surface area (Å²) in [6.45, 7) is 9.66. The second-order valence-corrected chi connectivity index (χ2v) is 7.48. The van der Waals surface area contributed by atoms with Gasteiger partial charge >= 0.3 is 5.97 Å². The molecule has 5 nitrogen and oxygen atoms in total. The highest BCUT2D eigenvalue weighted by Crippen LogP contribution is 2.28. The maximum atomic E-state index is 12.6. The molecule has 0 saturated carbocycles. The standard InChI is InChI=1S/C22H22N2O3S/c1-5-11-24-14(2)12-18(16(24)4)19(25)13-27-22(26)20-15(3)23-21(28-20)17-9-7-6-8-10-17/h5-10,12H,1,11,13H2,2-4H3. The van der Waals surface area contributed by atoms with Gasteiger partial charge in [0, 0.05) is 29.1 Å². The van der Waals surface area contributed by atoms with Gasteiger partial charge in [-0.05, 0) is 26.8 Å². The molecule has 2 heterocycles. The Morgan fingerprint density at radius 2 is 1.93 bits per heavy atom. The molecule has 144 valence electrons. The molecule has 0 amide bonds. The third-order valence-electron chi connectivity index (χ3n) is 4.52. The van der Waals surface area contributed by atoms with Gasteiger partial charge in [0.25, 0.3) is 0 Å². The van der Waals surface area contributed by atoms with Crippen molar-refractivity contribution in [1.29, 1.82) is 0 Å². The van der Waals surface area contributed by atoms with Gasteiger partial charge in [-0.3, -0.25) is 4.79 Å². The monoisotopic (exact) mass is 394 g/mol. The van der Waals surface area contributed by atoms with Gasteiger partial charge in [0.15, 0.2) is 6.61 Å². The Hall–Kier alpha value is -2.99. The van der Waals surface area contributed by atoms with E-state index >= 15 is 0 Å². The van der Waals surface area contributed by atoms with Crippen LogP contribution >= 0.6 is 11.3 Å². The van der Waals surface area contributed by atoms with Gasteiger partial charge in [0.05, 0.1) is 5.69 Å². The van der Waals surface area contributed by atoms with Crippen LogP contribution in [0.1, 0.15) is 37.1 Å². The molecule has 0 saturated heterocycles. The number of benzene rings is 1. The van der Waals surface area contributed by atoms with Gasteiger partial charge in [-0.15, -0.1) is 17.9 Å². The lowest BCUT2D eigenvalue weighted by Crippen LogP contribution is -2.15. The summed E-state index contributed by atoms with van der Waals surface area (Å²) in [6, 6.07) is 11.5. The predicted octanol–water partition coefficient (Wildman–Crippen LogP) is 4.76. The fourth-order valence-corrected chi connectivity index (χ4v) is 4.02. The van der Waals surface area contributed by atoms with Crippen molar-refractivity contribution in [3.63, 3.8) is 0 Å². The van der Waals surface area contributed by atoms with Crippen molar-refractivity contribution in [2.75, 3.05) is 6.61 Å². The van der Waals surface area contributed by atoms with Crippen molar-refractivity contribution in [2.45, 2.75) is 27.3 Å². The van der Waals surface area contributed by atoms with E-state index in [1.807, 2.05) is 54.8 Å².